The Morgan fingerprint density at radius 1 is 1.35 bits per heavy atom. The van der Waals surface area contributed by atoms with Crippen molar-refractivity contribution in [3.8, 4) is 0 Å². The molecule has 1 aliphatic rings. The van der Waals surface area contributed by atoms with Crippen molar-refractivity contribution in [3.63, 3.8) is 0 Å². The molecule has 2 amide bonds. The minimum atomic E-state index is -0.267. The van der Waals surface area contributed by atoms with E-state index in [4.69, 9.17) is 0 Å². The summed E-state index contributed by atoms with van der Waals surface area (Å²) in [5.74, 6) is 0.765. The van der Waals surface area contributed by atoms with Crippen molar-refractivity contribution < 1.29 is 9.59 Å². The second-order valence-electron chi connectivity index (χ2n) is 5.77. The van der Waals surface area contributed by atoms with Crippen LogP contribution in [0.1, 0.15) is 30.8 Å². The number of carbonyl (C=O) groups excluding carboxylic acids is 2. The lowest BCUT2D eigenvalue weighted by Crippen LogP contribution is -2.47. The van der Waals surface area contributed by atoms with E-state index >= 15 is 0 Å². The van der Waals surface area contributed by atoms with Gasteiger partial charge in [0.05, 0.1) is 6.54 Å². The fourth-order valence-corrected chi connectivity index (χ4v) is 2.82. The fourth-order valence-electron chi connectivity index (χ4n) is 2.82. The number of carbonyl (C=O) groups is 2. The quantitative estimate of drug-likeness (QED) is 0.883. The molecule has 0 radical (unpaired) electrons. The van der Waals surface area contributed by atoms with E-state index in [-0.39, 0.29) is 18.4 Å². The molecule has 1 aliphatic heterocycles. The van der Waals surface area contributed by atoms with Crippen LogP contribution in [-0.2, 0) is 11.8 Å². The van der Waals surface area contributed by atoms with E-state index in [1.54, 1.807) is 19.3 Å². The third-order valence-corrected chi connectivity index (χ3v) is 3.68. The largest absolute Gasteiger partial charge is 0.342 e. The standard InChI is InChI=1S/C14H22N4O2/c1-10-6-11(2)9-18(8-10)13(19)7-15-14(20)12-4-5-16-17(12)3/h4-5,10-11H,6-9H2,1-3H3,(H,15,20)/t10-,11-/m0/s1. The summed E-state index contributed by atoms with van der Waals surface area (Å²) < 4.78 is 1.49. The summed E-state index contributed by atoms with van der Waals surface area (Å²) in [7, 11) is 1.70. The number of aromatic nitrogens is 2. The number of piperidine rings is 1. The molecule has 2 atom stereocenters. The highest BCUT2D eigenvalue weighted by atomic mass is 16.2. The third-order valence-electron chi connectivity index (χ3n) is 3.68. The molecule has 1 saturated heterocycles. The molecule has 0 aliphatic carbocycles. The average molecular weight is 278 g/mol. The number of aryl methyl sites for hydroxylation is 1. The Hall–Kier alpha value is -1.85. The molecule has 1 N–H and O–H groups in total. The number of nitrogens with zero attached hydrogens (tertiary/aromatic N) is 3. The highest BCUT2D eigenvalue weighted by Gasteiger charge is 2.25. The molecule has 0 unspecified atom stereocenters. The Morgan fingerprint density at radius 3 is 2.55 bits per heavy atom. The van der Waals surface area contributed by atoms with Crippen LogP contribution in [0.25, 0.3) is 0 Å². The van der Waals surface area contributed by atoms with Crippen molar-refractivity contribution in [3.05, 3.63) is 18.0 Å². The van der Waals surface area contributed by atoms with Crippen molar-refractivity contribution in [2.24, 2.45) is 18.9 Å². The number of hydrogen-bond acceptors (Lipinski definition) is 3. The maximum absolute atomic E-state index is 12.1. The molecular weight excluding hydrogens is 256 g/mol. The number of rotatable bonds is 3. The van der Waals surface area contributed by atoms with Gasteiger partial charge in [0.15, 0.2) is 0 Å². The van der Waals surface area contributed by atoms with Crippen molar-refractivity contribution >= 4 is 11.8 Å². The lowest BCUT2D eigenvalue weighted by Gasteiger charge is -2.35. The summed E-state index contributed by atoms with van der Waals surface area (Å²) in [6.07, 6.45) is 2.72. The SMILES string of the molecule is C[C@H]1C[C@H](C)CN(C(=O)CNC(=O)c2ccnn2C)C1. The van der Waals surface area contributed by atoms with Gasteiger partial charge < -0.3 is 10.2 Å². The van der Waals surface area contributed by atoms with Crippen molar-refractivity contribution in [2.75, 3.05) is 19.6 Å². The predicted molar refractivity (Wildman–Crippen MR) is 75.1 cm³/mol. The second-order valence-corrected chi connectivity index (χ2v) is 5.77. The minimum absolute atomic E-state index is 0.0149. The first-order valence-corrected chi connectivity index (χ1v) is 7.01. The topological polar surface area (TPSA) is 67.2 Å². The molecule has 1 aromatic rings. The lowest BCUT2D eigenvalue weighted by atomic mass is 9.92. The van der Waals surface area contributed by atoms with E-state index < -0.39 is 0 Å². The van der Waals surface area contributed by atoms with Crippen LogP contribution >= 0.6 is 0 Å². The van der Waals surface area contributed by atoms with Gasteiger partial charge in [-0.2, -0.15) is 5.10 Å². The summed E-state index contributed by atoms with van der Waals surface area (Å²) in [5.41, 5.74) is 0.457. The predicted octanol–water partition coefficient (Wildman–Crippen LogP) is 0.654. The molecule has 6 nitrogen and oxygen atoms in total. The Labute approximate surface area is 119 Å². The molecule has 2 rings (SSSR count). The van der Waals surface area contributed by atoms with Gasteiger partial charge in [0.25, 0.3) is 5.91 Å². The van der Waals surface area contributed by atoms with Crippen LogP contribution in [0, 0.1) is 11.8 Å². The average Bonchev–Trinajstić information content (AvgIpc) is 2.80. The maximum Gasteiger partial charge on any atom is 0.269 e. The lowest BCUT2D eigenvalue weighted by molar-refractivity contribution is -0.132. The monoisotopic (exact) mass is 278 g/mol. The van der Waals surface area contributed by atoms with Crippen LogP contribution < -0.4 is 5.32 Å². The van der Waals surface area contributed by atoms with Gasteiger partial charge in [-0.1, -0.05) is 13.8 Å². The Balaban J connectivity index is 1.86. The highest BCUT2D eigenvalue weighted by molar-refractivity contribution is 5.95. The van der Waals surface area contributed by atoms with E-state index in [0.29, 0.717) is 17.5 Å². The number of likely N-dealkylation sites (tertiary alicyclic amines) is 1. The molecule has 0 spiro atoms. The maximum atomic E-state index is 12.1. The zero-order valence-corrected chi connectivity index (χ0v) is 12.3. The van der Waals surface area contributed by atoms with Crippen LogP contribution in [0.15, 0.2) is 12.3 Å². The molecule has 0 saturated carbocycles. The van der Waals surface area contributed by atoms with Gasteiger partial charge in [-0.15, -0.1) is 0 Å². The minimum Gasteiger partial charge on any atom is -0.342 e. The normalized spacial score (nSPS) is 22.6. The summed E-state index contributed by atoms with van der Waals surface area (Å²) in [6.45, 7) is 5.92. The third kappa shape index (κ3) is 3.37. The Morgan fingerprint density at radius 2 is 2.00 bits per heavy atom. The second kappa shape index (κ2) is 6.07. The van der Waals surface area contributed by atoms with Gasteiger partial charge in [-0.05, 0) is 24.3 Å². The summed E-state index contributed by atoms with van der Waals surface area (Å²) in [6, 6.07) is 1.63. The van der Waals surface area contributed by atoms with Crippen LogP contribution in [0.4, 0.5) is 0 Å². The first-order chi connectivity index (χ1) is 9.47. The van der Waals surface area contributed by atoms with Crippen molar-refractivity contribution in [2.45, 2.75) is 20.3 Å². The van der Waals surface area contributed by atoms with Gasteiger partial charge in [-0.3, -0.25) is 14.3 Å². The zero-order valence-electron chi connectivity index (χ0n) is 12.3. The van der Waals surface area contributed by atoms with Crippen molar-refractivity contribution in [1.29, 1.82) is 0 Å². The van der Waals surface area contributed by atoms with Gasteiger partial charge >= 0.3 is 0 Å². The Kier molecular flexibility index (Phi) is 4.42. The van der Waals surface area contributed by atoms with E-state index in [9.17, 15) is 9.59 Å². The molecule has 1 aromatic heterocycles. The van der Waals surface area contributed by atoms with Crippen LogP contribution in [0.5, 0.6) is 0 Å². The molecule has 0 bridgehead atoms. The number of hydrogen-bond donors (Lipinski definition) is 1. The highest BCUT2D eigenvalue weighted by Crippen LogP contribution is 2.20. The van der Waals surface area contributed by atoms with E-state index in [1.165, 1.54) is 4.68 Å². The van der Waals surface area contributed by atoms with Gasteiger partial charge in [0.2, 0.25) is 5.91 Å². The van der Waals surface area contributed by atoms with Crippen LogP contribution in [0.2, 0.25) is 0 Å². The van der Waals surface area contributed by atoms with E-state index in [0.717, 1.165) is 19.5 Å². The summed E-state index contributed by atoms with van der Waals surface area (Å²) in [5, 5.41) is 6.60. The summed E-state index contributed by atoms with van der Waals surface area (Å²) >= 11 is 0. The first-order valence-electron chi connectivity index (χ1n) is 7.01. The van der Waals surface area contributed by atoms with Gasteiger partial charge in [0, 0.05) is 26.3 Å². The van der Waals surface area contributed by atoms with E-state index in [2.05, 4.69) is 24.3 Å². The molecule has 2 heterocycles. The molecule has 6 heteroatoms. The molecule has 0 aromatic carbocycles. The number of amides is 2. The first kappa shape index (κ1) is 14.6. The summed E-state index contributed by atoms with van der Waals surface area (Å²) in [4.78, 5) is 25.9. The Bertz CT molecular complexity index is 487. The van der Waals surface area contributed by atoms with Gasteiger partial charge in [0.1, 0.15) is 5.69 Å². The number of nitrogens with one attached hydrogen (secondary N) is 1. The molecule has 1 fully saturated rings. The molecular formula is C14H22N4O2. The van der Waals surface area contributed by atoms with Crippen LogP contribution in [0.3, 0.4) is 0 Å². The van der Waals surface area contributed by atoms with E-state index in [1.807, 2.05) is 4.90 Å². The molecule has 110 valence electrons. The fraction of sp³-hybridized carbons (Fsp3) is 0.643. The van der Waals surface area contributed by atoms with Crippen molar-refractivity contribution in [1.82, 2.24) is 20.0 Å². The van der Waals surface area contributed by atoms with Crippen LogP contribution in [-0.4, -0.2) is 46.1 Å². The molecule has 20 heavy (non-hydrogen) atoms. The van der Waals surface area contributed by atoms with Gasteiger partial charge in [-0.25, -0.2) is 0 Å². The smallest absolute Gasteiger partial charge is 0.269 e. The zero-order chi connectivity index (χ0) is 14.7.